The summed E-state index contributed by atoms with van der Waals surface area (Å²) < 4.78 is 5.38. The molecule has 2 N–H and O–H groups in total. The Balaban J connectivity index is 1.57. The van der Waals surface area contributed by atoms with E-state index < -0.39 is 0 Å². The Kier molecular flexibility index (Phi) is 4.27. The lowest BCUT2D eigenvalue weighted by molar-refractivity contribution is -0.134. The first-order chi connectivity index (χ1) is 13.7. The van der Waals surface area contributed by atoms with Crippen LogP contribution < -0.4 is 10.1 Å². The first kappa shape index (κ1) is 17.6. The first-order valence-electron chi connectivity index (χ1n) is 10.2. The molecule has 5 heteroatoms. The van der Waals surface area contributed by atoms with Crippen molar-refractivity contribution < 1.29 is 14.6 Å². The molecule has 1 aliphatic carbocycles. The molecule has 0 aromatic heterocycles. The third-order valence-corrected chi connectivity index (χ3v) is 6.48. The Morgan fingerprint density at radius 3 is 2.75 bits per heavy atom. The second-order valence-corrected chi connectivity index (χ2v) is 8.17. The number of aliphatic hydroxyl groups excluding tert-OH is 1. The molecular formula is C23H26N2O3. The number of nitrogens with zero attached hydrogens (tertiary/aromatic N) is 1. The van der Waals surface area contributed by atoms with Crippen LogP contribution in [-0.4, -0.2) is 42.2 Å². The van der Waals surface area contributed by atoms with Crippen LogP contribution in [0.2, 0.25) is 0 Å². The van der Waals surface area contributed by atoms with Gasteiger partial charge in [0.15, 0.2) is 0 Å². The molecule has 2 heterocycles. The lowest BCUT2D eigenvalue weighted by Crippen LogP contribution is -2.43. The van der Waals surface area contributed by atoms with Crippen molar-refractivity contribution in [2.45, 2.75) is 31.3 Å². The normalized spacial score (nSPS) is 25.6. The largest absolute Gasteiger partial charge is 0.497 e. The Hall–Kier alpha value is -2.53. The van der Waals surface area contributed by atoms with Gasteiger partial charge in [0.1, 0.15) is 5.75 Å². The summed E-state index contributed by atoms with van der Waals surface area (Å²) in [6.45, 7) is 0.870. The predicted molar refractivity (Wildman–Crippen MR) is 108 cm³/mol. The minimum atomic E-state index is -0.00262. The monoisotopic (exact) mass is 378 g/mol. The van der Waals surface area contributed by atoms with Gasteiger partial charge in [0.25, 0.3) is 0 Å². The molecule has 1 saturated carbocycles. The maximum atomic E-state index is 12.9. The minimum Gasteiger partial charge on any atom is -0.497 e. The molecule has 1 saturated heterocycles. The van der Waals surface area contributed by atoms with Crippen molar-refractivity contribution in [3.8, 4) is 16.9 Å². The summed E-state index contributed by atoms with van der Waals surface area (Å²) >= 11 is 0. The Morgan fingerprint density at radius 2 is 2.00 bits per heavy atom. The molecular weight excluding hydrogens is 352 g/mol. The van der Waals surface area contributed by atoms with Crippen LogP contribution in [0.3, 0.4) is 0 Å². The molecule has 0 unspecified atom stereocenters. The number of hydrogen-bond acceptors (Lipinski definition) is 4. The van der Waals surface area contributed by atoms with Crippen molar-refractivity contribution in [1.82, 2.24) is 4.90 Å². The average Bonchev–Trinajstić information content (AvgIpc) is 3.50. The molecule has 5 rings (SSSR count). The highest BCUT2D eigenvalue weighted by atomic mass is 16.5. The van der Waals surface area contributed by atoms with Crippen LogP contribution >= 0.6 is 0 Å². The molecule has 2 aromatic rings. The van der Waals surface area contributed by atoms with Gasteiger partial charge in [0, 0.05) is 24.1 Å². The van der Waals surface area contributed by atoms with Crippen molar-refractivity contribution in [2.75, 3.05) is 25.6 Å². The summed E-state index contributed by atoms with van der Waals surface area (Å²) in [7, 11) is 1.68. The highest BCUT2D eigenvalue weighted by Crippen LogP contribution is 2.49. The first-order valence-corrected chi connectivity index (χ1v) is 10.2. The van der Waals surface area contributed by atoms with E-state index in [0.29, 0.717) is 5.91 Å². The van der Waals surface area contributed by atoms with Crippen LogP contribution in [0.1, 0.15) is 30.9 Å². The lowest BCUT2D eigenvalue weighted by atomic mass is 9.82. The summed E-state index contributed by atoms with van der Waals surface area (Å²) in [5.74, 6) is 1.59. The molecule has 5 nitrogen and oxygen atoms in total. The van der Waals surface area contributed by atoms with Crippen LogP contribution in [0.5, 0.6) is 5.75 Å². The van der Waals surface area contributed by atoms with Crippen molar-refractivity contribution in [3.05, 3.63) is 48.0 Å². The zero-order chi connectivity index (χ0) is 19.3. The Morgan fingerprint density at radius 1 is 1.18 bits per heavy atom. The summed E-state index contributed by atoms with van der Waals surface area (Å²) in [5, 5.41) is 13.4. The molecule has 2 aromatic carbocycles. The highest BCUT2D eigenvalue weighted by molar-refractivity contribution is 5.83. The number of benzene rings is 2. The number of rotatable bonds is 4. The zero-order valence-electron chi connectivity index (χ0n) is 16.1. The predicted octanol–water partition coefficient (Wildman–Crippen LogP) is 3.45. The van der Waals surface area contributed by atoms with E-state index in [9.17, 15) is 9.90 Å². The maximum absolute atomic E-state index is 12.9. The molecule has 0 bridgehead atoms. The fourth-order valence-corrected chi connectivity index (χ4v) is 4.86. The van der Waals surface area contributed by atoms with E-state index in [-0.39, 0.29) is 30.5 Å². The summed E-state index contributed by atoms with van der Waals surface area (Å²) in [6.07, 6.45) is 2.97. The summed E-state index contributed by atoms with van der Waals surface area (Å²) in [5.41, 5.74) is 4.41. The zero-order valence-corrected chi connectivity index (χ0v) is 16.1. The smallest absolute Gasteiger partial charge is 0.226 e. The van der Waals surface area contributed by atoms with E-state index in [0.717, 1.165) is 48.4 Å². The van der Waals surface area contributed by atoms with E-state index in [1.54, 1.807) is 7.11 Å². The van der Waals surface area contributed by atoms with Crippen molar-refractivity contribution in [3.63, 3.8) is 0 Å². The van der Waals surface area contributed by atoms with Crippen molar-refractivity contribution >= 4 is 11.6 Å². The number of ether oxygens (including phenoxy) is 1. The van der Waals surface area contributed by atoms with Crippen LogP contribution in [-0.2, 0) is 4.79 Å². The fraction of sp³-hybridized carbons (Fsp3) is 0.435. The third kappa shape index (κ3) is 2.85. The molecule has 28 heavy (non-hydrogen) atoms. The van der Waals surface area contributed by atoms with E-state index >= 15 is 0 Å². The van der Waals surface area contributed by atoms with E-state index in [1.807, 2.05) is 18.2 Å². The minimum absolute atomic E-state index is 0.00262. The number of carbonyl (C=O) groups excluding carboxylic acids is 1. The van der Waals surface area contributed by atoms with Crippen LogP contribution in [0.4, 0.5) is 5.69 Å². The number of nitrogens with one attached hydrogen (secondary N) is 1. The van der Waals surface area contributed by atoms with Gasteiger partial charge in [-0.3, -0.25) is 4.79 Å². The highest BCUT2D eigenvalue weighted by Gasteiger charge is 2.48. The van der Waals surface area contributed by atoms with Crippen LogP contribution in [0, 0.1) is 11.8 Å². The SMILES string of the molecule is COc1cccc(-c2ccc3c(c2)[C@H]2[C@H](CCN2C(=O)C2CC2)[C@@H](CO)N3)c1. The van der Waals surface area contributed by atoms with Crippen LogP contribution in [0.15, 0.2) is 42.5 Å². The number of carbonyl (C=O) groups is 1. The van der Waals surface area contributed by atoms with Crippen molar-refractivity contribution in [2.24, 2.45) is 11.8 Å². The molecule has 2 fully saturated rings. The van der Waals surface area contributed by atoms with Gasteiger partial charge in [-0.25, -0.2) is 0 Å². The van der Waals surface area contributed by atoms with Gasteiger partial charge in [-0.1, -0.05) is 18.2 Å². The quantitative estimate of drug-likeness (QED) is 0.856. The average molecular weight is 378 g/mol. The van der Waals surface area contributed by atoms with Gasteiger partial charge in [0.05, 0.1) is 25.8 Å². The number of anilines is 1. The topological polar surface area (TPSA) is 61.8 Å². The van der Waals surface area contributed by atoms with Gasteiger partial charge < -0.3 is 20.1 Å². The second kappa shape index (κ2) is 6.82. The Labute approximate surface area is 165 Å². The molecule has 0 radical (unpaired) electrons. The van der Waals surface area contributed by atoms with Crippen LogP contribution in [0.25, 0.3) is 11.1 Å². The number of methoxy groups -OCH3 is 1. The van der Waals surface area contributed by atoms with E-state index in [1.165, 1.54) is 5.56 Å². The molecule has 2 aliphatic heterocycles. The van der Waals surface area contributed by atoms with Gasteiger partial charge in [0.2, 0.25) is 5.91 Å². The van der Waals surface area contributed by atoms with Gasteiger partial charge in [-0.15, -0.1) is 0 Å². The summed E-state index contributed by atoms with van der Waals surface area (Å²) in [6, 6.07) is 14.5. The van der Waals surface area contributed by atoms with Gasteiger partial charge in [-0.05, 0) is 60.2 Å². The number of likely N-dealkylation sites (tertiary alicyclic amines) is 1. The number of aliphatic hydroxyl groups is 1. The number of amides is 1. The number of fused-ring (bicyclic) bond motifs is 3. The molecule has 3 aliphatic rings. The Bertz CT molecular complexity index is 908. The van der Waals surface area contributed by atoms with Gasteiger partial charge in [-0.2, -0.15) is 0 Å². The molecule has 0 spiro atoms. The third-order valence-electron chi connectivity index (χ3n) is 6.48. The maximum Gasteiger partial charge on any atom is 0.226 e. The lowest BCUT2D eigenvalue weighted by Gasteiger charge is -2.39. The number of hydrogen-bond donors (Lipinski definition) is 2. The molecule has 3 atom stereocenters. The fourth-order valence-electron chi connectivity index (χ4n) is 4.86. The second-order valence-electron chi connectivity index (χ2n) is 8.17. The van der Waals surface area contributed by atoms with E-state index in [2.05, 4.69) is 34.5 Å². The van der Waals surface area contributed by atoms with E-state index in [4.69, 9.17) is 4.74 Å². The standard InChI is InChI=1S/C23H26N2O3/c1-28-17-4-2-3-15(11-17)16-7-8-20-19(12-16)22-18(21(13-26)24-20)9-10-25(22)23(27)14-5-6-14/h2-4,7-8,11-12,14,18,21-22,24,26H,5-6,9-10,13H2,1H3/t18-,21-,22-/m1/s1. The molecule has 1 amide bonds. The van der Waals surface area contributed by atoms with Crippen molar-refractivity contribution in [1.29, 1.82) is 0 Å². The summed E-state index contributed by atoms with van der Waals surface area (Å²) in [4.78, 5) is 15.0. The van der Waals surface area contributed by atoms with Gasteiger partial charge >= 0.3 is 0 Å². The molecule has 146 valence electrons.